The molecule has 0 aliphatic rings. The van der Waals surface area contributed by atoms with Crippen LogP contribution in [0.5, 0.6) is 0 Å². The van der Waals surface area contributed by atoms with Crippen LogP contribution in [-0.4, -0.2) is 29.1 Å². The number of aliphatic hydroxyl groups excluding tert-OH is 2. The van der Waals surface area contributed by atoms with Gasteiger partial charge in [-0.2, -0.15) is 0 Å². The monoisotopic (exact) mass is 263 g/mol. The molecule has 0 fully saturated rings. The molecule has 2 atom stereocenters. The van der Waals surface area contributed by atoms with E-state index >= 15 is 0 Å². The fourth-order valence-corrected chi connectivity index (χ4v) is 1.85. The third kappa shape index (κ3) is 5.83. The molecule has 0 bridgehead atoms. The maximum absolute atomic E-state index is 10.5. The lowest BCUT2D eigenvalue weighted by Gasteiger charge is -2.25. The van der Waals surface area contributed by atoms with Crippen LogP contribution in [0.2, 0.25) is 0 Å². The fraction of sp³-hybridized carbons (Fsp3) is 0.375. The van der Waals surface area contributed by atoms with Gasteiger partial charge in [0.05, 0.1) is 18.9 Å². The molecule has 3 heteroatoms. The molecular formula is C16H25NO2. The van der Waals surface area contributed by atoms with Crippen LogP contribution in [0, 0.1) is 0 Å². The van der Waals surface area contributed by atoms with Gasteiger partial charge in [-0.25, -0.2) is 0 Å². The van der Waals surface area contributed by atoms with Crippen molar-refractivity contribution in [1.82, 2.24) is 5.32 Å². The van der Waals surface area contributed by atoms with Crippen LogP contribution >= 0.6 is 0 Å². The number of nitrogens with one attached hydrogen (secondary N) is 1. The van der Waals surface area contributed by atoms with E-state index in [4.69, 9.17) is 5.11 Å². The van der Waals surface area contributed by atoms with Crippen molar-refractivity contribution >= 4 is 0 Å². The molecule has 0 saturated carbocycles. The van der Waals surface area contributed by atoms with Gasteiger partial charge in [-0.1, -0.05) is 56.5 Å². The van der Waals surface area contributed by atoms with E-state index in [-0.39, 0.29) is 6.73 Å². The van der Waals surface area contributed by atoms with Gasteiger partial charge in [-0.05, 0) is 24.5 Å². The summed E-state index contributed by atoms with van der Waals surface area (Å²) in [6, 6.07) is -0.422. The summed E-state index contributed by atoms with van der Waals surface area (Å²) < 4.78 is 0. The van der Waals surface area contributed by atoms with E-state index in [1.807, 2.05) is 32.1 Å². The van der Waals surface area contributed by atoms with E-state index in [1.165, 1.54) is 0 Å². The second-order valence-electron chi connectivity index (χ2n) is 4.00. The summed E-state index contributed by atoms with van der Waals surface area (Å²) in [4.78, 5) is 0. The Labute approximate surface area is 116 Å². The lowest BCUT2D eigenvalue weighted by Crippen LogP contribution is -2.42. The molecule has 0 aliphatic heterocycles. The zero-order valence-electron chi connectivity index (χ0n) is 11.8. The smallest absolute Gasteiger partial charge is 0.0982 e. The number of hydrogen-bond donors (Lipinski definition) is 3. The summed E-state index contributed by atoms with van der Waals surface area (Å²) in [5.41, 5.74) is 1.59. The summed E-state index contributed by atoms with van der Waals surface area (Å²) in [5.74, 6) is 0. The van der Waals surface area contributed by atoms with Crippen LogP contribution in [0.4, 0.5) is 0 Å². The summed E-state index contributed by atoms with van der Waals surface area (Å²) in [6.45, 7) is 11.1. The SMILES string of the molecule is C=C/C=C(\C=C)C(NCO)C(O)C(/C=C\C)=C/CC. The molecule has 0 aromatic rings. The maximum Gasteiger partial charge on any atom is 0.0982 e. The molecule has 2 unspecified atom stereocenters. The topological polar surface area (TPSA) is 52.5 Å². The predicted octanol–water partition coefficient (Wildman–Crippen LogP) is 2.47. The van der Waals surface area contributed by atoms with Gasteiger partial charge in [0.15, 0.2) is 0 Å². The van der Waals surface area contributed by atoms with Gasteiger partial charge in [0, 0.05) is 0 Å². The van der Waals surface area contributed by atoms with Crippen molar-refractivity contribution in [2.24, 2.45) is 0 Å². The van der Waals surface area contributed by atoms with Crippen LogP contribution in [0.1, 0.15) is 20.3 Å². The molecule has 0 spiro atoms. The van der Waals surface area contributed by atoms with Gasteiger partial charge < -0.3 is 10.2 Å². The van der Waals surface area contributed by atoms with Crippen molar-refractivity contribution in [3.8, 4) is 0 Å². The van der Waals surface area contributed by atoms with E-state index in [9.17, 15) is 5.11 Å². The van der Waals surface area contributed by atoms with Gasteiger partial charge in [-0.3, -0.25) is 5.32 Å². The van der Waals surface area contributed by atoms with Gasteiger partial charge in [0.1, 0.15) is 0 Å². The van der Waals surface area contributed by atoms with Crippen LogP contribution < -0.4 is 5.32 Å². The fourth-order valence-electron chi connectivity index (χ4n) is 1.85. The summed E-state index contributed by atoms with van der Waals surface area (Å²) in [5, 5.41) is 22.4. The van der Waals surface area contributed by atoms with Crippen molar-refractivity contribution in [3.63, 3.8) is 0 Å². The second kappa shape index (κ2) is 10.5. The minimum atomic E-state index is -0.757. The standard InChI is InChI=1S/C16H25NO2/c1-5-9-13(8-4)15(17-12-18)16(19)14(10-6-2)11-7-3/h5-6,8-11,15-19H,1,4,7,12H2,2-3H3/b10-6-,13-9+,14-11+. The summed E-state index contributed by atoms with van der Waals surface area (Å²) >= 11 is 0. The third-order valence-electron chi connectivity index (χ3n) is 2.67. The zero-order chi connectivity index (χ0) is 14.7. The lowest BCUT2D eigenvalue weighted by molar-refractivity contribution is 0.152. The number of hydrogen-bond acceptors (Lipinski definition) is 3. The first-order valence-electron chi connectivity index (χ1n) is 6.46. The van der Waals surface area contributed by atoms with Gasteiger partial charge >= 0.3 is 0 Å². The third-order valence-corrected chi connectivity index (χ3v) is 2.67. The molecule has 0 saturated heterocycles. The minimum Gasteiger partial charge on any atom is -0.386 e. The van der Waals surface area contributed by atoms with Crippen molar-refractivity contribution in [1.29, 1.82) is 0 Å². The summed E-state index contributed by atoms with van der Waals surface area (Å²) in [7, 11) is 0. The van der Waals surface area contributed by atoms with Gasteiger partial charge in [0.2, 0.25) is 0 Å². The molecule has 0 heterocycles. The molecule has 0 amide bonds. The molecule has 0 radical (unpaired) electrons. The van der Waals surface area contributed by atoms with Crippen molar-refractivity contribution in [2.75, 3.05) is 6.73 Å². The van der Waals surface area contributed by atoms with Crippen molar-refractivity contribution in [2.45, 2.75) is 32.4 Å². The van der Waals surface area contributed by atoms with Crippen LogP contribution in [-0.2, 0) is 0 Å². The average molecular weight is 263 g/mol. The van der Waals surface area contributed by atoms with E-state index in [1.54, 1.807) is 18.2 Å². The number of allylic oxidation sites excluding steroid dienone is 4. The maximum atomic E-state index is 10.5. The van der Waals surface area contributed by atoms with Crippen LogP contribution in [0.15, 0.2) is 60.8 Å². The molecule has 106 valence electrons. The first-order valence-corrected chi connectivity index (χ1v) is 6.46. The first-order chi connectivity index (χ1) is 9.15. The largest absolute Gasteiger partial charge is 0.386 e. The molecule has 0 rings (SSSR count). The highest BCUT2D eigenvalue weighted by Crippen LogP contribution is 2.17. The minimum absolute atomic E-state index is 0.223. The average Bonchev–Trinajstić information content (AvgIpc) is 2.41. The molecule has 19 heavy (non-hydrogen) atoms. The molecule has 0 aromatic carbocycles. The Bertz CT molecular complexity index is 367. The Morgan fingerprint density at radius 3 is 2.42 bits per heavy atom. The summed E-state index contributed by atoms with van der Waals surface area (Å²) in [6.07, 6.45) is 10.8. The number of rotatable bonds is 9. The second-order valence-corrected chi connectivity index (χ2v) is 4.00. The number of aliphatic hydroxyl groups is 2. The quantitative estimate of drug-likeness (QED) is 0.442. The molecule has 3 nitrogen and oxygen atoms in total. The molecule has 0 aliphatic carbocycles. The van der Waals surface area contributed by atoms with Crippen LogP contribution in [0.25, 0.3) is 0 Å². The predicted molar refractivity (Wildman–Crippen MR) is 81.7 cm³/mol. The Kier molecular flexibility index (Phi) is 9.71. The Morgan fingerprint density at radius 2 is 2.00 bits per heavy atom. The van der Waals surface area contributed by atoms with E-state index in [0.29, 0.717) is 0 Å². The molecule has 3 N–H and O–H groups in total. The van der Waals surface area contributed by atoms with E-state index in [0.717, 1.165) is 17.6 Å². The zero-order valence-corrected chi connectivity index (χ0v) is 11.8. The Hall–Kier alpha value is -1.42. The van der Waals surface area contributed by atoms with Crippen molar-refractivity contribution < 1.29 is 10.2 Å². The van der Waals surface area contributed by atoms with Gasteiger partial charge in [0.25, 0.3) is 0 Å². The first kappa shape index (κ1) is 17.6. The highest BCUT2D eigenvalue weighted by atomic mass is 16.3. The van der Waals surface area contributed by atoms with Gasteiger partial charge in [-0.15, -0.1) is 0 Å². The Balaban J connectivity index is 5.36. The highest BCUT2D eigenvalue weighted by molar-refractivity contribution is 5.34. The normalized spacial score (nSPS) is 16.4. The Morgan fingerprint density at radius 1 is 1.32 bits per heavy atom. The highest BCUT2D eigenvalue weighted by Gasteiger charge is 2.22. The lowest BCUT2D eigenvalue weighted by atomic mass is 9.94. The molecule has 0 aromatic heterocycles. The van der Waals surface area contributed by atoms with E-state index < -0.39 is 12.1 Å². The van der Waals surface area contributed by atoms with E-state index in [2.05, 4.69) is 18.5 Å². The van der Waals surface area contributed by atoms with Crippen LogP contribution in [0.3, 0.4) is 0 Å². The molecular weight excluding hydrogens is 238 g/mol. The van der Waals surface area contributed by atoms with Crippen molar-refractivity contribution in [3.05, 3.63) is 60.8 Å².